The van der Waals surface area contributed by atoms with Gasteiger partial charge in [0, 0.05) is 12.1 Å². The number of hydrogen-bond acceptors (Lipinski definition) is 4. The van der Waals surface area contributed by atoms with Crippen molar-refractivity contribution in [3.05, 3.63) is 35.7 Å². The van der Waals surface area contributed by atoms with Gasteiger partial charge in [-0.25, -0.2) is 0 Å². The Morgan fingerprint density at radius 2 is 1.84 bits per heavy atom. The average Bonchev–Trinajstić information content (AvgIpc) is 2.84. The maximum atomic E-state index is 5.76. The molecule has 0 fully saturated rings. The predicted octanol–water partition coefficient (Wildman–Crippen LogP) is 2.36. The number of nitrogens with one attached hydrogen (secondary N) is 1. The lowest BCUT2D eigenvalue weighted by molar-refractivity contribution is 0.276. The third kappa shape index (κ3) is 3.19. The first-order valence-electron chi connectivity index (χ1n) is 6.09. The molecule has 0 aliphatic heterocycles. The number of rotatable bonds is 6. The molecular formula is C14H18N2O3. The fourth-order valence-electron chi connectivity index (χ4n) is 1.82. The first-order valence-corrected chi connectivity index (χ1v) is 6.09. The van der Waals surface area contributed by atoms with Crippen LogP contribution in [-0.2, 0) is 6.42 Å². The Kier molecular flexibility index (Phi) is 4.28. The molecule has 0 saturated carbocycles. The summed E-state index contributed by atoms with van der Waals surface area (Å²) in [6, 6.07) is 7.55. The van der Waals surface area contributed by atoms with Crippen LogP contribution in [0, 0.1) is 6.92 Å². The van der Waals surface area contributed by atoms with Crippen LogP contribution in [0.5, 0.6) is 17.2 Å². The number of para-hydroxylation sites is 1. The third-order valence-corrected chi connectivity index (χ3v) is 2.75. The van der Waals surface area contributed by atoms with Crippen LogP contribution in [0.15, 0.2) is 24.3 Å². The zero-order valence-corrected chi connectivity index (χ0v) is 11.4. The number of nitrogens with zero attached hydrogens (tertiary/aromatic N) is 1. The molecule has 2 rings (SSSR count). The molecule has 5 nitrogen and oxygen atoms in total. The molecule has 0 radical (unpaired) electrons. The molecule has 1 heterocycles. The van der Waals surface area contributed by atoms with E-state index in [1.54, 1.807) is 14.2 Å². The number of aromatic amines is 1. The lowest BCUT2D eigenvalue weighted by Gasteiger charge is -2.13. The highest BCUT2D eigenvalue weighted by Crippen LogP contribution is 2.36. The van der Waals surface area contributed by atoms with Gasteiger partial charge in [-0.05, 0) is 25.1 Å². The zero-order valence-electron chi connectivity index (χ0n) is 11.4. The SMILES string of the molecule is COc1cccc(OC)c1OCCc1cc(C)[nH]n1. The highest BCUT2D eigenvalue weighted by atomic mass is 16.5. The Labute approximate surface area is 112 Å². The molecule has 0 aliphatic carbocycles. The van der Waals surface area contributed by atoms with Crippen LogP contribution in [0.1, 0.15) is 11.4 Å². The quantitative estimate of drug-likeness (QED) is 0.868. The standard InChI is InChI=1S/C14H18N2O3/c1-10-9-11(16-15-10)7-8-19-14-12(17-2)5-4-6-13(14)18-3/h4-6,9H,7-8H2,1-3H3,(H,15,16). The second kappa shape index (κ2) is 6.13. The number of ether oxygens (including phenoxy) is 3. The van der Waals surface area contributed by atoms with Gasteiger partial charge in [-0.15, -0.1) is 0 Å². The highest BCUT2D eigenvalue weighted by Gasteiger charge is 2.11. The van der Waals surface area contributed by atoms with Gasteiger partial charge in [-0.3, -0.25) is 5.10 Å². The van der Waals surface area contributed by atoms with Crippen molar-refractivity contribution in [1.29, 1.82) is 0 Å². The van der Waals surface area contributed by atoms with Crippen molar-refractivity contribution in [2.45, 2.75) is 13.3 Å². The Morgan fingerprint density at radius 3 is 2.37 bits per heavy atom. The van der Waals surface area contributed by atoms with Crippen molar-refractivity contribution in [1.82, 2.24) is 10.2 Å². The largest absolute Gasteiger partial charge is 0.493 e. The molecule has 1 N–H and O–H groups in total. The van der Waals surface area contributed by atoms with Crippen LogP contribution >= 0.6 is 0 Å². The minimum Gasteiger partial charge on any atom is -0.493 e. The van der Waals surface area contributed by atoms with Crippen LogP contribution in [0.2, 0.25) is 0 Å². The predicted molar refractivity (Wildman–Crippen MR) is 72.1 cm³/mol. The van der Waals surface area contributed by atoms with Crippen LogP contribution in [0.3, 0.4) is 0 Å². The van der Waals surface area contributed by atoms with E-state index in [0.717, 1.165) is 17.8 Å². The molecule has 0 amide bonds. The van der Waals surface area contributed by atoms with Crippen LogP contribution in [0.4, 0.5) is 0 Å². The van der Waals surface area contributed by atoms with Crippen molar-refractivity contribution >= 4 is 0 Å². The molecule has 1 aromatic carbocycles. The second-order valence-electron chi connectivity index (χ2n) is 4.13. The van der Waals surface area contributed by atoms with Gasteiger partial charge < -0.3 is 14.2 Å². The van der Waals surface area contributed by atoms with E-state index < -0.39 is 0 Å². The van der Waals surface area contributed by atoms with E-state index in [9.17, 15) is 0 Å². The summed E-state index contributed by atoms with van der Waals surface area (Å²) in [6.07, 6.45) is 0.728. The maximum absolute atomic E-state index is 5.76. The molecule has 102 valence electrons. The van der Waals surface area contributed by atoms with Crippen molar-refractivity contribution in [2.24, 2.45) is 0 Å². The highest BCUT2D eigenvalue weighted by molar-refractivity contribution is 5.51. The van der Waals surface area contributed by atoms with Crippen LogP contribution in [-0.4, -0.2) is 31.0 Å². The van der Waals surface area contributed by atoms with E-state index >= 15 is 0 Å². The maximum Gasteiger partial charge on any atom is 0.203 e. The van der Waals surface area contributed by atoms with E-state index in [4.69, 9.17) is 14.2 Å². The molecule has 19 heavy (non-hydrogen) atoms. The molecular weight excluding hydrogens is 244 g/mol. The lowest BCUT2D eigenvalue weighted by atomic mass is 10.3. The number of hydrogen-bond donors (Lipinski definition) is 1. The number of aromatic nitrogens is 2. The fraction of sp³-hybridized carbons (Fsp3) is 0.357. The van der Waals surface area contributed by atoms with Crippen molar-refractivity contribution in [2.75, 3.05) is 20.8 Å². The molecule has 0 saturated heterocycles. The van der Waals surface area contributed by atoms with E-state index in [1.807, 2.05) is 31.2 Å². The summed E-state index contributed by atoms with van der Waals surface area (Å²) < 4.78 is 16.3. The average molecular weight is 262 g/mol. The van der Waals surface area contributed by atoms with Gasteiger partial charge in [0.25, 0.3) is 0 Å². The summed E-state index contributed by atoms with van der Waals surface area (Å²) in [5.41, 5.74) is 2.02. The molecule has 0 atom stereocenters. The van der Waals surface area contributed by atoms with Gasteiger partial charge in [-0.2, -0.15) is 5.10 Å². The van der Waals surface area contributed by atoms with Crippen molar-refractivity contribution < 1.29 is 14.2 Å². The van der Waals surface area contributed by atoms with E-state index in [0.29, 0.717) is 23.9 Å². The Morgan fingerprint density at radius 1 is 1.16 bits per heavy atom. The number of benzene rings is 1. The summed E-state index contributed by atoms with van der Waals surface area (Å²) in [4.78, 5) is 0. The zero-order chi connectivity index (χ0) is 13.7. The molecule has 0 bridgehead atoms. The molecule has 0 unspecified atom stereocenters. The van der Waals surface area contributed by atoms with Gasteiger partial charge in [0.2, 0.25) is 5.75 Å². The van der Waals surface area contributed by atoms with E-state index in [2.05, 4.69) is 10.2 Å². The monoisotopic (exact) mass is 262 g/mol. The van der Waals surface area contributed by atoms with Gasteiger partial charge in [0.15, 0.2) is 11.5 Å². The lowest BCUT2D eigenvalue weighted by Crippen LogP contribution is -2.04. The summed E-state index contributed by atoms with van der Waals surface area (Å²) in [7, 11) is 3.22. The second-order valence-corrected chi connectivity index (χ2v) is 4.13. The smallest absolute Gasteiger partial charge is 0.203 e. The topological polar surface area (TPSA) is 56.4 Å². The van der Waals surface area contributed by atoms with Gasteiger partial charge >= 0.3 is 0 Å². The fourth-order valence-corrected chi connectivity index (χ4v) is 1.82. The summed E-state index contributed by atoms with van der Waals surface area (Å²) in [6.45, 7) is 2.49. The summed E-state index contributed by atoms with van der Waals surface area (Å²) >= 11 is 0. The molecule has 5 heteroatoms. The Bertz CT molecular complexity index is 515. The number of aryl methyl sites for hydroxylation is 1. The molecule has 1 aromatic heterocycles. The minimum absolute atomic E-state index is 0.515. The summed E-state index contributed by atoms with van der Waals surface area (Å²) in [5, 5.41) is 7.07. The van der Waals surface area contributed by atoms with Crippen molar-refractivity contribution in [3.63, 3.8) is 0 Å². The molecule has 2 aromatic rings. The third-order valence-electron chi connectivity index (χ3n) is 2.75. The minimum atomic E-state index is 0.515. The first-order chi connectivity index (χ1) is 9.24. The van der Waals surface area contributed by atoms with E-state index in [1.165, 1.54) is 0 Å². The van der Waals surface area contributed by atoms with Gasteiger partial charge in [0.1, 0.15) is 0 Å². The summed E-state index contributed by atoms with van der Waals surface area (Å²) in [5.74, 6) is 1.95. The molecule has 0 spiro atoms. The van der Waals surface area contributed by atoms with Gasteiger partial charge in [-0.1, -0.05) is 6.07 Å². The Balaban J connectivity index is 2.02. The van der Waals surface area contributed by atoms with Gasteiger partial charge in [0.05, 0.1) is 26.5 Å². The normalized spacial score (nSPS) is 10.3. The number of methoxy groups -OCH3 is 2. The number of H-pyrrole nitrogens is 1. The first kappa shape index (κ1) is 13.3. The molecule has 0 aliphatic rings. The van der Waals surface area contributed by atoms with E-state index in [-0.39, 0.29) is 0 Å². The Hall–Kier alpha value is -2.17. The van der Waals surface area contributed by atoms with Crippen molar-refractivity contribution in [3.8, 4) is 17.2 Å². The van der Waals surface area contributed by atoms with Crippen LogP contribution in [0.25, 0.3) is 0 Å². The van der Waals surface area contributed by atoms with Crippen LogP contribution < -0.4 is 14.2 Å².